The van der Waals surface area contributed by atoms with Gasteiger partial charge in [0.15, 0.2) is 0 Å². The third-order valence-electron chi connectivity index (χ3n) is 5.96. The summed E-state index contributed by atoms with van der Waals surface area (Å²) in [6, 6.07) is 3.33. The molecule has 3 unspecified atom stereocenters. The van der Waals surface area contributed by atoms with Crippen molar-refractivity contribution < 1.29 is 25.2 Å². The van der Waals surface area contributed by atoms with Crippen molar-refractivity contribution in [1.29, 1.82) is 0 Å². The smallest absolute Gasteiger partial charge is 0.303 e. The Labute approximate surface area is 167 Å². The number of phenolic OH excluding ortho intramolecular Hbond substituents is 2. The van der Waals surface area contributed by atoms with E-state index in [-0.39, 0.29) is 35.2 Å². The molecule has 154 valence electrons. The van der Waals surface area contributed by atoms with Crippen molar-refractivity contribution >= 4 is 5.97 Å². The van der Waals surface area contributed by atoms with E-state index >= 15 is 0 Å². The predicted octanol–water partition coefficient (Wildman–Crippen LogP) is 4.62. The molecule has 2 rings (SSSR count). The van der Waals surface area contributed by atoms with Gasteiger partial charge in [-0.3, -0.25) is 4.79 Å². The molecule has 0 bridgehead atoms. The van der Waals surface area contributed by atoms with Gasteiger partial charge in [0.1, 0.15) is 11.5 Å². The van der Waals surface area contributed by atoms with E-state index in [1.807, 2.05) is 33.8 Å². The zero-order valence-electron chi connectivity index (χ0n) is 17.2. The normalized spacial score (nSPS) is 22.6. The number of aliphatic hydroxyl groups excluding tert-OH is 1. The largest absolute Gasteiger partial charge is 0.507 e. The minimum atomic E-state index is -0.829. The second kappa shape index (κ2) is 8.39. The maximum absolute atomic E-state index is 10.8. The molecule has 0 radical (unpaired) electrons. The van der Waals surface area contributed by atoms with Crippen LogP contribution in [0.25, 0.3) is 0 Å². The molecule has 3 atom stereocenters. The van der Waals surface area contributed by atoms with Crippen LogP contribution >= 0.6 is 0 Å². The molecule has 0 fully saturated rings. The Kier molecular flexibility index (Phi) is 6.60. The third kappa shape index (κ3) is 4.76. The summed E-state index contributed by atoms with van der Waals surface area (Å²) in [5.41, 5.74) is 2.54. The Morgan fingerprint density at radius 2 is 1.82 bits per heavy atom. The number of rotatable bonds is 7. The quantitative estimate of drug-likeness (QED) is 0.511. The monoisotopic (exact) mass is 388 g/mol. The lowest BCUT2D eigenvalue weighted by atomic mass is 9.72. The second-order valence-electron chi connectivity index (χ2n) is 8.70. The number of benzene rings is 1. The highest BCUT2D eigenvalue weighted by Gasteiger charge is 2.34. The molecule has 28 heavy (non-hydrogen) atoms. The van der Waals surface area contributed by atoms with E-state index in [1.54, 1.807) is 12.1 Å². The summed E-state index contributed by atoms with van der Waals surface area (Å²) in [7, 11) is 0. The van der Waals surface area contributed by atoms with Crippen LogP contribution in [0.2, 0.25) is 0 Å². The van der Waals surface area contributed by atoms with Gasteiger partial charge in [0.2, 0.25) is 0 Å². The van der Waals surface area contributed by atoms with Crippen molar-refractivity contribution in [2.75, 3.05) is 0 Å². The molecule has 1 aromatic rings. The van der Waals surface area contributed by atoms with Gasteiger partial charge in [-0.1, -0.05) is 32.1 Å². The highest BCUT2D eigenvalue weighted by molar-refractivity contribution is 5.66. The van der Waals surface area contributed by atoms with Gasteiger partial charge in [0.05, 0.1) is 6.10 Å². The Morgan fingerprint density at radius 3 is 2.32 bits per heavy atom. The number of carboxylic acid groups (broad SMARTS) is 1. The van der Waals surface area contributed by atoms with Crippen LogP contribution in [0.15, 0.2) is 35.9 Å². The van der Waals surface area contributed by atoms with Gasteiger partial charge in [-0.15, -0.1) is 0 Å². The molecule has 0 aliphatic heterocycles. The van der Waals surface area contributed by atoms with Crippen LogP contribution in [0, 0.1) is 5.92 Å². The number of hydrogen-bond donors (Lipinski definition) is 4. The number of aliphatic carboxylic acids is 1. The molecule has 0 saturated carbocycles. The topological polar surface area (TPSA) is 98.0 Å². The first kappa shape index (κ1) is 22.0. The highest BCUT2D eigenvalue weighted by Crippen LogP contribution is 2.47. The van der Waals surface area contributed by atoms with E-state index in [9.17, 15) is 20.1 Å². The number of carbonyl (C=O) groups is 1. The van der Waals surface area contributed by atoms with Crippen molar-refractivity contribution in [1.82, 2.24) is 0 Å². The van der Waals surface area contributed by atoms with Gasteiger partial charge in [0, 0.05) is 17.9 Å². The maximum atomic E-state index is 10.8. The lowest BCUT2D eigenvalue weighted by Gasteiger charge is -2.34. The van der Waals surface area contributed by atoms with Crippen molar-refractivity contribution in [2.24, 2.45) is 5.92 Å². The lowest BCUT2D eigenvalue weighted by Crippen LogP contribution is -2.26. The molecule has 0 heterocycles. The first-order chi connectivity index (χ1) is 12.9. The summed E-state index contributed by atoms with van der Waals surface area (Å²) >= 11 is 0. The van der Waals surface area contributed by atoms with Crippen LogP contribution in [-0.2, 0) is 10.2 Å². The molecule has 0 spiro atoms. The third-order valence-corrected chi connectivity index (χ3v) is 5.96. The standard InChI is InChI=1S/C23H32O5/c1-13(2)16-12-18(24)14(3)9-17(16)22-19(25)10-15(11-20(22)26)23(4,5)8-6-7-21(27)28/h9-11,16-18,24-26H,1,6-8,12H2,2-5H3,(H,27,28). The van der Waals surface area contributed by atoms with Gasteiger partial charge in [-0.25, -0.2) is 0 Å². The summed E-state index contributed by atoms with van der Waals surface area (Å²) < 4.78 is 0. The van der Waals surface area contributed by atoms with Crippen LogP contribution in [-0.4, -0.2) is 32.5 Å². The Balaban J connectivity index is 2.40. The molecule has 4 N–H and O–H groups in total. The number of allylic oxidation sites excluding steroid dienone is 2. The molecule has 5 nitrogen and oxygen atoms in total. The Bertz CT molecular complexity index is 767. The van der Waals surface area contributed by atoms with Crippen LogP contribution in [0.1, 0.15) is 70.4 Å². The van der Waals surface area contributed by atoms with Crippen LogP contribution in [0.3, 0.4) is 0 Å². The summed E-state index contributed by atoms with van der Waals surface area (Å²) in [5, 5.41) is 40.6. The summed E-state index contributed by atoms with van der Waals surface area (Å²) in [6.07, 6.45) is 3.10. The second-order valence-corrected chi connectivity index (χ2v) is 8.70. The van der Waals surface area contributed by atoms with E-state index < -0.39 is 12.1 Å². The van der Waals surface area contributed by atoms with E-state index in [0.29, 0.717) is 24.8 Å². The molecule has 5 heteroatoms. The molecule has 0 amide bonds. The summed E-state index contributed by atoms with van der Waals surface area (Å²) in [4.78, 5) is 10.8. The van der Waals surface area contributed by atoms with Crippen molar-refractivity contribution in [3.8, 4) is 11.5 Å². The number of aromatic hydroxyl groups is 2. The van der Waals surface area contributed by atoms with Crippen molar-refractivity contribution in [3.05, 3.63) is 47.1 Å². The molecule has 0 saturated heterocycles. The minimum Gasteiger partial charge on any atom is -0.507 e. The molecule has 1 aliphatic rings. The average molecular weight is 389 g/mol. The highest BCUT2D eigenvalue weighted by atomic mass is 16.4. The van der Waals surface area contributed by atoms with E-state index in [0.717, 1.165) is 16.7 Å². The van der Waals surface area contributed by atoms with E-state index in [2.05, 4.69) is 6.58 Å². The van der Waals surface area contributed by atoms with Crippen LogP contribution in [0.4, 0.5) is 0 Å². The molecular formula is C23H32O5. The summed E-state index contributed by atoms with van der Waals surface area (Å²) in [5.74, 6) is -1.14. The molecule has 1 aliphatic carbocycles. The summed E-state index contributed by atoms with van der Waals surface area (Å²) in [6.45, 7) is 11.7. The minimum absolute atomic E-state index is 0.0120. The van der Waals surface area contributed by atoms with E-state index in [4.69, 9.17) is 5.11 Å². The fourth-order valence-electron chi connectivity index (χ4n) is 4.06. The van der Waals surface area contributed by atoms with Gasteiger partial charge < -0.3 is 20.4 Å². The van der Waals surface area contributed by atoms with E-state index in [1.165, 1.54) is 0 Å². The van der Waals surface area contributed by atoms with Crippen LogP contribution < -0.4 is 0 Å². The van der Waals surface area contributed by atoms with Crippen molar-refractivity contribution in [3.63, 3.8) is 0 Å². The first-order valence-electron chi connectivity index (χ1n) is 9.74. The average Bonchev–Trinajstić information content (AvgIpc) is 2.56. The maximum Gasteiger partial charge on any atom is 0.303 e. The zero-order chi connectivity index (χ0) is 21.2. The van der Waals surface area contributed by atoms with Gasteiger partial charge in [-0.2, -0.15) is 0 Å². The fourth-order valence-corrected chi connectivity index (χ4v) is 4.06. The molecule has 1 aromatic carbocycles. The first-order valence-corrected chi connectivity index (χ1v) is 9.74. The Hall–Kier alpha value is -2.27. The number of phenols is 2. The Morgan fingerprint density at radius 1 is 1.25 bits per heavy atom. The lowest BCUT2D eigenvalue weighted by molar-refractivity contribution is -0.137. The number of hydrogen-bond acceptors (Lipinski definition) is 4. The van der Waals surface area contributed by atoms with Gasteiger partial charge in [-0.05, 0) is 67.7 Å². The molecular weight excluding hydrogens is 356 g/mol. The fraction of sp³-hybridized carbons (Fsp3) is 0.522. The molecule has 0 aromatic heterocycles. The predicted molar refractivity (Wildman–Crippen MR) is 110 cm³/mol. The zero-order valence-corrected chi connectivity index (χ0v) is 17.2. The number of aliphatic hydroxyl groups is 1. The van der Waals surface area contributed by atoms with Crippen molar-refractivity contribution in [2.45, 2.75) is 70.8 Å². The van der Waals surface area contributed by atoms with Gasteiger partial charge in [0.25, 0.3) is 0 Å². The van der Waals surface area contributed by atoms with Crippen LogP contribution in [0.5, 0.6) is 11.5 Å². The van der Waals surface area contributed by atoms with Gasteiger partial charge >= 0.3 is 5.97 Å². The number of carboxylic acids is 1. The SMILES string of the molecule is C=C(C)C1CC(O)C(C)=CC1c1c(O)cc(C(C)(C)CCCC(=O)O)cc1O.